The van der Waals surface area contributed by atoms with Crippen molar-refractivity contribution in [1.29, 1.82) is 0 Å². The van der Waals surface area contributed by atoms with E-state index in [1.165, 1.54) is 69.1 Å². The van der Waals surface area contributed by atoms with Crippen LogP contribution in [0.25, 0.3) is 22.3 Å². The van der Waals surface area contributed by atoms with E-state index in [2.05, 4.69) is 23.8 Å². The molecule has 1 nitrogen and oxygen atoms in total. The van der Waals surface area contributed by atoms with Gasteiger partial charge in [0.25, 0.3) is 0 Å². The highest BCUT2D eigenvalue weighted by molar-refractivity contribution is 5.71. The first kappa shape index (κ1) is 30.7. The minimum absolute atomic E-state index is 0.136. The zero-order valence-electron chi connectivity index (χ0n) is 24.0. The predicted molar refractivity (Wildman–Crippen MR) is 157 cm³/mol. The van der Waals surface area contributed by atoms with Crippen molar-refractivity contribution in [1.82, 2.24) is 0 Å². The van der Waals surface area contributed by atoms with Crippen LogP contribution < -0.4 is 4.74 Å². The first-order valence-electron chi connectivity index (χ1n) is 14.9. The summed E-state index contributed by atoms with van der Waals surface area (Å²) in [6.07, 6.45) is 5.65. The van der Waals surface area contributed by atoms with Gasteiger partial charge in [-0.2, -0.15) is 8.78 Å². The molecule has 5 rings (SSSR count). The Morgan fingerprint density at radius 2 is 1.28 bits per heavy atom. The van der Waals surface area contributed by atoms with Crippen LogP contribution >= 0.6 is 0 Å². The second-order valence-electron chi connectivity index (χ2n) is 11.4. The summed E-state index contributed by atoms with van der Waals surface area (Å²) in [6.45, 7) is 2.23. The van der Waals surface area contributed by atoms with Crippen molar-refractivity contribution >= 4 is 0 Å². The number of benzene rings is 4. The molecule has 0 saturated heterocycles. The summed E-state index contributed by atoms with van der Waals surface area (Å²) in [7, 11) is 0. The Kier molecular flexibility index (Phi) is 9.48. The van der Waals surface area contributed by atoms with Gasteiger partial charge in [-0.05, 0) is 102 Å². The number of unbranched alkanes of at least 4 members (excludes halogenated alkanes) is 2. The molecule has 1 aliphatic carbocycles. The summed E-state index contributed by atoms with van der Waals surface area (Å²) in [4.78, 5) is 0. The van der Waals surface area contributed by atoms with Crippen molar-refractivity contribution in [3.05, 3.63) is 113 Å². The summed E-state index contributed by atoms with van der Waals surface area (Å²) < 4.78 is 91.7. The first-order chi connectivity index (χ1) is 20.6. The van der Waals surface area contributed by atoms with E-state index in [4.69, 9.17) is 0 Å². The fourth-order valence-corrected chi connectivity index (χ4v) is 6.05. The van der Waals surface area contributed by atoms with Crippen molar-refractivity contribution in [2.45, 2.75) is 70.3 Å². The van der Waals surface area contributed by atoms with E-state index in [-0.39, 0.29) is 11.1 Å². The maximum atomic E-state index is 15.2. The molecule has 0 unspecified atom stereocenters. The van der Waals surface area contributed by atoms with E-state index >= 15 is 4.39 Å². The van der Waals surface area contributed by atoms with Gasteiger partial charge in [0.2, 0.25) is 0 Å². The highest BCUT2D eigenvalue weighted by atomic mass is 19.3. The van der Waals surface area contributed by atoms with Crippen molar-refractivity contribution in [3.8, 4) is 28.0 Å². The maximum Gasteiger partial charge on any atom is 0.432 e. The number of hydrogen-bond donors (Lipinski definition) is 0. The molecular formula is C36H34F6O. The van der Waals surface area contributed by atoms with Crippen LogP contribution in [0.5, 0.6) is 5.75 Å². The van der Waals surface area contributed by atoms with Crippen LogP contribution in [0.3, 0.4) is 0 Å². The third-order valence-corrected chi connectivity index (χ3v) is 8.45. The Labute approximate surface area is 248 Å². The van der Waals surface area contributed by atoms with Crippen molar-refractivity contribution in [3.63, 3.8) is 0 Å². The SMILES string of the molecule is CCCCCC1CCC(c2ccc(-c3ccc(-c4cc(F)c(C(F)(F)Oc5ccc(F)cc5)c(F)c4)c(F)c3)cc2)CC1. The standard InChI is InChI=1S/C36H34F6O/c1-2-3-4-5-23-6-8-24(9-7-23)25-10-12-26(13-11-25)27-14-19-31(32(38)20-27)28-21-33(39)35(34(40)22-28)36(41,42)43-30-17-15-29(37)16-18-30/h10-24H,2-9H2,1H3. The van der Waals surface area contributed by atoms with Crippen LogP contribution in [0.2, 0.25) is 0 Å². The van der Waals surface area contributed by atoms with Gasteiger partial charge < -0.3 is 4.74 Å². The smallest absolute Gasteiger partial charge is 0.429 e. The van der Waals surface area contributed by atoms with E-state index in [9.17, 15) is 22.0 Å². The van der Waals surface area contributed by atoms with Gasteiger partial charge in [0, 0.05) is 5.56 Å². The predicted octanol–water partition coefficient (Wildman–Crippen LogP) is 11.6. The molecule has 43 heavy (non-hydrogen) atoms. The normalized spacial score (nSPS) is 17.2. The number of alkyl halides is 2. The molecule has 0 radical (unpaired) electrons. The summed E-state index contributed by atoms with van der Waals surface area (Å²) in [5.41, 5.74) is 0.669. The van der Waals surface area contributed by atoms with Crippen LogP contribution in [-0.2, 0) is 6.11 Å². The van der Waals surface area contributed by atoms with Crippen LogP contribution in [0.4, 0.5) is 26.3 Å². The second-order valence-corrected chi connectivity index (χ2v) is 11.4. The van der Waals surface area contributed by atoms with E-state index in [0.717, 1.165) is 35.7 Å². The lowest BCUT2D eigenvalue weighted by molar-refractivity contribution is -0.189. The van der Waals surface area contributed by atoms with Crippen LogP contribution in [0, 0.1) is 29.2 Å². The van der Waals surface area contributed by atoms with Gasteiger partial charge in [-0.15, -0.1) is 0 Å². The van der Waals surface area contributed by atoms with Crippen LogP contribution in [-0.4, -0.2) is 0 Å². The average Bonchev–Trinajstić information content (AvgIpc) is 2.98. The monoisotopic (exact) mass is 596 g/mol. The Morgan fingerprint density at radius 1 is 0.674 bits per heavy atom. The van der Waals surface area contributed by atoms with Crippen molar-refractivity contribution in [2.75, 3.05) is 0 Å². The number of halogens is 6. The van der Waals surface area contributed by atoms with E-state index in [1.54, 1.807) is 6.07 Å². The molecule has 0 aliphatic heterocycles. The fraction of sp³-hybridized carbons (Fsp3) is 0.333. The Bertz CT molecular complexity index is 1500. The summed E-state index contributed by atoms with van der Waals surface area (Å²) in [5.74, 6) is -3.76. The van der Waals surface area contributed by atoms with Gasteiger partial charge >= 0.3 is 6.11 Å². The molecule has 1 fully saturated rings. The highest BCUT2D eigenvalue weighted by Crippen LogP contribution is 2.40. The Balaban J connectivity index is 1.28. The molecule has 0 N–H and O–H groups in total. The molecule has 1 aliphatic rings. The van der Waals surface area contributed by atoms with E-state index in [0.29, 0.717) is 23.6 Å². The minimum Gasteiger partial charge on any atom is -0.429 e. The molecule has 4 aromatic carbocycles. The molecule has 0 aromatic heterocycles. The molecule has 0 heterocycles. The highest BCUT2D eigenvalue weighted by Gasteiger charge is 2.41. The fourth-order valence-electron chi connectivity index (χ4n) is 6.05. The van der Waals surface area contributed by atoms with Gasteiger partial charge in [-0.25, -0.2) is 17.6 Å². The average molecular weight is 597 g/mol. The zero-order chi connectivity index (χ0) is 30.6. The molecule has 0 amide bonds. The third kappa shape index (κ3) is 7.26. The van der Waals surface area contributed by atoms with Crippen LogP contribution in [0.1, 0.15) is 75.3 Å². The zero-order valence-corrected chi connectivity index (χ0v) is 24.0. The lowest BCUT2D eigenvalue weighted by Gasteiger charge is -2.29. The third-order valence-electron chi connectivity index (χ3n) is 8.45. The largest absolute Gasteiger partial charge is 0.432 e. The summed E-state index contributed by atoms with van der Waals surface area (Å²) in [5, 5.41) is 0. The number of rotatable bonds is 10. The van der Waals surface area contributed by atoms with Gasteiger partial charge in [-0.1, -0.05) is 69.0 Å². The molecule has 0 atom stereocenters. The topological polar surface area (TPSA) is 9.23 Å². The Hall–Kier alpha value is -3.74. The lowest BCUT2D eigenvalue weighted by Crippen LogP contribution is -2.25. The van der Waals surface area contributed by atoms with Gasteiger partial charge in [0.05, 0.1) is 0 Å². The van der Waals surface area contributed by atoms with Crippen molar-refractivity contribution < 1.29 is 31.1 Å². The van der Waals surface area contributed by atoms with E-state index < -0.39 is 40.7 Å². The van der Waals surface area contributed by atoms with E-state index in [1.807, 2.05) is 12.1 Å². The number of ether oxygens (including phenoxy) is 1. The summed E-state index contributed by atoms with van der Waals surface area (Å²) >= 11 is 0. The molecule has 0 spiro atoms. The minimum atomic E-state index is -4.40. The molecular weight excluding hydrogens is 562 g/mol. The molecule has 1 saturated carbocycles. The second kappa shape index (κ2) is 13.3. The Morgan fingerprint density at radius 3 is 1.88 bits per heavy atom. The molecule has 226 valence electrons. The van der Waals surface area contributed by atoms with Crippen LogP contribution in [0.15, 0.2) is 78.9 Å². The molecule has 7 heteroatoms. The molecule has 4 aromatic rings. The quantitative estimate of drug-likeness (QED) is 0.131. The maximum absolute atomic E-state index is 15.2. The number of hydrogen-bond acceptors (Lipinski definition) is 1. The van der Waals surface area contributed by atoms with Crippen molar-refractivity contribution in [2.24, 2.45) is 5.92 Å². The summed E-state index contributed by atoms with van der Waals surface area (Å²) in [6, 6.07) is 17.2. The first-order valence-corrected chi connectivity index (χ1v) is 14.9. The van der Waals surface area contributed by atoms with Gasteiger partial charge in [0.1, 0.15) is 34.6 Å². The lowest BCUT2D eigenvalue weighted by atomic mass is 9.77. The van der Waals surface area contributed by atoms with Gasteiger partial charge in [0.15, 0.2) is 0 Å². The van der Waals surface area contributed by atoms with Gasteiger partial charge in [-0.3, -0.25) is 0 Å². The molecule has 0 bridgehead atoms.